The number of hydrogen-bond donors (Lipinski definition) is 2. The minimum Gasteiger partial charge on any atom is -0.494 e. The van der Waals surface area contributed by atoms with E-state index >= 15 is 0 Å². The molecule has 0 bridgehead atoms. The molecule has 0 aliphatic rings. The lowest BCUT2D eigenvalue weighted by molar-refractivity contribution is 0.308. The molecule has 7 nitrogen and oxygen atoms in total. The van der Waals surface area contributed by atoms with E-state index in [1.807, 2.05) is 50.2 Å². The summed E-state index contributed by atoms with van der Waals surface area (Å²) in [7, 11) is 0.991. The van der Waals surface area contributed by atoms with Crippen molar-refractivity contribution in [2.24, 2.45) is 0 Å². The average molecular weight is 517 g/mol. The van der Waals surface area contributed by atoms with Crippen molar-refractivity contribution >= 4 is 50.9 Å². The highest BCUT2D eigenvalue weighted by Gasteiger charge is 2.02. The lowest BCUT2D eigenvalue weighted by atomic mass is 10.2. The molecule has 33 heavy (non-hydrogen) atoms. The van der Waals surface area contributed by atoms with E-state index in [1.54, 1.807) is 0 Å². The van der Waals surface area contributed by atoms with Crippen LogP contribution >= 0.6 is 0 Å². The van der Waals surface area contributed by atoms with E-state index in [0.29, 0.717) is 32.7 Å². The van der Waals surface area contributed by atoms with Crippen LogP contribution in [-0.2, 0) is 12.3 Å². The van der Waals surface area contributed by atoms with Gasteiger partial charge in [0.2, 0.25) is 19.5 Å². The second-order valence-electron chi connectivity index (χ2n) is 7.41. The summed E-state index contributed by atoms with van der Waals surface area (Å²) in [5, 5.41) is 0. The van der Waals surface area contributed by atoms with Crippen LogP contribution in [0.2, 0.25) is 12.1 Å². The Balaban J connectivity index is 1.29. The van der Waals surface area contributed by atoms with Crippen LogP contribution in [0, 0.1) is 13.8 Å². The quantitative estimate of drug-likeness (QED) is 0.177. The first kappa shape index (κ1) is 27.6. The van der Waals surface area contributed by atoms with Gasteiger partial charge in [-0.25, -0.2) is 0 Å². The van der Waals surface area contributed by atoms with Crippen LogP contribution in [-0.4, -0.2) is 52.8 Å². The van der Waals surface area contributed by atoms with E-state index in [-0.39, 0.29) is 20.0 Å². The lowest BCUT2D eigenvalue weighted by Gasteiger charge is -2.08. The molecule has 2 rings (SSSR count). The molecule has 0 fully saturated rings. The van der Waals surface area contributed by atoms with Crippen molar-refractivity contribution < 1.29 is 21.8 Å². The Morgan fingerprint density at radius 2 is 1.09 bits per heavy atom. The Bertz CT molecular complexity index is 751. The highest BCUT2D eigenvalue weighted by atomic mass is 28.4. The molecule has 0 aromatic heterocycles. The van der Waals surface area contributed by atoms with Crippen LogP contribution < -0.4 is 20.9 Å². The fraction of sp³-hybridized carbons (Fsp3) is 0.455. The summed E-state index contributed by atoms with van der Waals surface area (Å²) in [6.07, 6.45) is 4.14. The molecule has 176 valence electrons. The van der Waals surface area contributed by atoms with Crippen LogP contribution in [0.25, 0.3) is 0 Å². The third kappa shape index (κ3) is 12.4. The van der Waals surface area contributed by atoms with Gasteiger partial charge in [-0.1, -0.05) is 12.8 Å². The molecule has 0 saturated heterocycles. The standard InChI is InChI=1S/C22H32N2O5Si4/c1-17-15-19(7-9-21(17)23)25-11-3-5-13-30-27-32-29-33-28-31-14-6-4-12-26-20-8-10-22(24)18(2)16-20/h7-10,15-16H,3-6,11-14,23-24H2,1-2H3. The van der Waals surface area contributed by atoms with E-state index < -0.39 is 0 Å². The van der Waals surface area contributed by atoms with Crippen molar-refractivity contribution in [3.05, 3.63) is 47.5 Å². The zero-order chi connectivity index (χ0) is 23.7. The maximum Gasteiger partial charge on any atom is 0.411 e. The minimum atomic E-state index is 0.0453. The van der Waals surface area contributed by atoms with Crippen LogP contribution in [0.15, 0.2) is 36.4 Å². The molecule has 0 heterocycles. The molecule has 0 spiro atoms. The Hall–Kier alpha value is -1.61. The minimum absolute atomic E-state index is 0.0453. The smallest absolute Gasteiger partial charge is 0.411 e. The number of nitrogen functional groups attached to an aromatic ring is 2. The zero-order valence-electron chi connectivity index (χ0n) is 19.3. The zero-order valence-corrected chi connectivity index (χ0v) is 23.3. The number of aryl methyl sites for hydroxylation is 2. The number of anilines is 2. The molecule has 0 aliphatic carbocycles. The van der Waals surface area contributed by atoms with Crippen LogP contribution in [0.1, 0.15) is 36.8 Å². The molecule has 2 aromatic rings. The van der Waals surface area contributed by atoms with E-state index in [0.717, 1.165) is 71.8 Å². The molecule has 0 aliphatic heterocycles. The van der Waals surface area contributed by atoms with E-state index in [9.17, 15) is 0 Å². The van der Waals surface area contributed by atoms with Gasteiger partial charge in [0.15, 0.2) is 0 Å². The van der Waals surface area contributed by atoms with Crippen molar-refractivity contribution in [2.75, 3.05) is 24.7 Å². The normalized spacial score (nSPS) is 11.0. The molecule has 8 radical (unpaired) electrons. The summed E-state index contributed by atoms with van der Waals surface area (Å²) in [4.78, 5) is 0. The fourth-order valence-electron chi connectivity index (χ4n) is 2.67. The number of nitrogens with two attached hydrogens (primary N) is 2. The van der Waals surface area contributed by atoms with Gasteiger partial charge in [-0.15, -0.1) is 0 Å². The van der Waals surface area contributed by atoms with Crippen LogP contribution in [0.4, 0.5) is 11.4 Å². The van der Waals surface area contributed by atoms with Gasteiger partial charge in [-0.3, -0.25) is 0 Å². The molecule has 4 N–H and O–H groups in total. The first-order valence-corrected chi connectivity index (χ1v) is 14.8. The van der Waals surface area contributed by atoms with Gasteiger partial charge in [0.1, 0.15) is 11.5 Å². The molecular formula is C22H32N2O5Si4. The average Bonchev–Trinajstić information content (AvgIpc) is 2.80. The third-order valence-corrected chi connectivity index (χ3v) is 8.28. The molecule has 0 amide bonds. The van der Waals surface area contributed by atoms with Crippen LogP contribution in [0.5, 0.6) is 11.5 Å². The Labute approximate surface area is 207 Å². The van der Waals surface area contributed by atoms with Crippen LogP contribution in [0.3, 0.4) is 0 Å². The van der Waals surface area contributed by atoms with Gasteiger partial charge < -0.3 is 33.3 Å². The number of unbranched alkanes of at least 4 members (excludes halogenated alkanes) is 2. The predicted molar refractivity (Wildman–Crippen MR) is 137 cm³/mol. The fourth-order valence-corrected chi connectivity index (χ4v) is 5.97. The van der Waals surface area contributed by atoms with E-state index in [4.69, 9.17) is 33.3 Å². The van der Waals surface area contributed by atoms with Crippen molar-refractivity contribution in [1.82, 2.24) is 0 Å². The third-order valence-electron chi connectivity index (χ3n) is 4.68. The first-order valence-electron chi connectivity index (χ1n) is 11.0. The summed E-state index contributed by atoms with van der Waals surface area (Å²) in [6, 6.07) is 13.6. The molecule has 0 unspecified atom stereocenters. The summed E-state index contributed by atoms with van der Waals surface area (Å²) >= 11 is 0. The Morgan fingerprint density at radius 3 is 1.52 bits per heavy atom. The highest BCUT2D eigenvalue weighted by Crippen LogP contribution is 2.19. The summed E-state index contributed by atoms with van der Waals surface area (Å²) < 4.78 is 27.9. The molecule has 2 aromatic carbocycles. The van der Waals surface area contributed by atoms with Crippen molar-refractivity contribution in [3.8, 4) is 11.5 Å². The van der Waals surface area contributed by atoms with Crippen molar-refractivity contribution in [1.29, 1.82) is 0 Å². The van der Waals surface area contributed by atoms with Gasteiger partial charge >= 0.3 is 20.0 Å². The summed E-state index contributed by atoms with van der Waals surface area (Å²) in [5.41, 5.74) is 15.3. The van der Waals surface area contributed by atoms with Crippen molar-refractivity contribution in [3.63, 3.8) is 0 Å². The second-order valence-corrected chi connectivity index (χ2v) is 11.8. The lowest BCUT2D eigenvalue weighted by Crippen LogP contribution is -2.15. The molecule has 11 heteroatoms. The maximum absolute atomic E-state index is 5.81. The molecule has 0 saturated carbocycles. The topological polar surface area (TPSA) is 98.2 Å². The Kier molecular flexibility index (Phi) is 14.2. The van der Waals surface area contributed by atoms with Gasteiger partial charge in [0.25, 0.3) is 0 Å². The molecular weight excluding hydrogens is 485 g/mol. The van der Waals surface area contributed by atoms with Gasteiger partial charge in [0, 0.05) is 11.4 Å². The maximum atomic E-state index is 5.81. The highest BCUT2D eigenvalue weighted by molar-refractivity contribution is 6.47. The van der Waals surface area contributed by atoms with E-state index in [2.05, 4.69) is 0 Å². The summed E-state index contributed by atoms with van der Waals surface area (Å²) in [5.74, 6) is 1.75. The van der Waals surface area contributed by atoms with Gasteiger partial charge in [-0.05, 0) is 86.3 Å². The number of benzene rings is 2. The molecule has 0 atom stereocenters. The van der Waals surface area contributed by atoms with Gasteiger partial charge in [-0.2, -0.15) is 0 Å². The van der Waals surface area contributed by atoms with Gasteiger partial charge in [0.05, 0.1) is 13.2 Å². The second kappa shape index (κ2) is 16.9. The number of rotatable bonds is 18. The largest absolute Gasteiger partial charge is 0.494 e. The van der Waals surface area contributed by atoms with E-state index in [1.165, 1.54) is 0 Å². The van der Waals surface area contributed by atoms with Crippen molar-refractivity contribution in [2.45, 2.75) is 51.6 Å². The SMILES string of the molecule is Cc1cc(OCCCC[Si]O[Si]O[Si]O[Si]CCCCOc2ccc(N)c(C)c2)ccc1N. The Morgan fingerprint density at radius 1 is 0.636 bits per heavy atom. The number of hydrogen-bond acceptors (Lipinski definition) is 7. The first-order chi connectivity index (χ1) is 16.1. The summed E-state index contributed by atoms with van der Waals surface area (Å²) in [6.45, 7) is 5.38. The monoisotopic (exact) mass is 516 g/mol. The predicted octanol–water partition coefficient (Wildman–Crippen LogP) is 3.68. The number of ether oxygens (including phenoxy) is 2.